The number of rotatable bonds is 9. The molecule has 8 nitrogen and oxygen atoms in total. The summed E-state index contributed by atoms with van der Waals surface area (Å²) >= 11 is 0. The molecule has 5 N–H and O–H groups in total. The van der Waals surface area contributed by atoms with E-state index in [0.717, 1.165) is 6.32 Å². The molecule has 1 heterocycles. The van der Waals surface area contributed by atoms with Crippen molar-refractivity contribution in [1.82, 2.24) is 4.90 Å². The van der Waals surface area contributed by atoms with E-state index in [4.69, 9.17) is 15.6 Å². The molecule has 1 fully saturated rings. The van der Waals surface area contributed by atoms with E-state index in [1.165, 1.54) is 6.92 Å². The number of benzene rings is 1. The number of carboxylic acids is 2. The first-order valence-electron chi connectivity index (χ1n) is 8.43. The summed E-state index contributed by atoms with van der Waals surface area (Å²) in [5.74, 6) is -2.50. The van der Waals surface area contributed by atoms with Crippen LogP contribution >= 0.6 is 0 Å². The summed E-state index contributed by atoms with van der Waals surface area (Å²) in [4.78, 5) is 24.4. The number of aromatic hydroxyl groups is 1. The van der Waals surface area contributed by atoms with Crippen molar-refractivity contribution < 1.29 is 29.6 Å². The quantitative estimate of drug-likeness (QED) is 0.471. The van der Waals surface area contributed by atoms with Crippen LogP contribution in [-0.4, -0.2) is 70.7 Å². The molecule has 1 atom stereocenters. The Kier molecular flexibility index (Phi) is 6.15. The van der Waals surface area contributed by atoms with Crippen molar-refractivity contribution in [2.75, 3.05) is 19.6 Å². The Hall–Kier alpha value is -2.26. The lowest BCUT2D eigenvalue weighted by Crippen LogP contribution is -2.62. The molecular formula is C17H24BN2O6. The first kappa shape index (κ1) is 20.1. The number of ether oxygens (including phenoxy) is 1. The number of hydrogen-bond acceptors (Lipinski definition) is 6. The number of nitrogens with zero attached hydrogens (tertiary/aromatic N) is 1. The van der Waals surface area contributed by atoms with Crippen LogP contribution in [0.15, 0.2) is 12.1 Å². The van der Waals surface area contributed by atoms with Gasteiger partial charge in [-0.1, -0.05) is 19.2 Å². The van der Waals surface area contributed by atoms with Gasteiger partial charge < -0.3 is 25.8 Å². The molecule has 26 heavy (non-hydrogen) atoms. The van der Waals surface area contributed by atoms with E-state index < -0.39 is 17.5 Å². The molecule has 1 aromatic rings. The first-order valence-corrected chi connectivity index (χ1v) is 8.43. The van der Waals surface area contributed by atoms with Crippen LogP contribution in [0.1, 0.15) is 22.8 Å². The summed E-state index contributed by atoms with van der Waals surface area (Å²) in [6.07, 6.45) is 0.989. The average Bonchev–Trinajstić information content (AvgIpc) is 2.51. The second-order valence-electron chi connectivity index (χ2n) is 6.86. The summed E-state index contributed by atoms with van der Waals surface area (Å²) in [6, 6.07) is 3.22. The molecule has 0 amide bonds. The van der Waals surface area contributed by atoms with Gasteiger partial charge in [0.05, 0.1) is 0 Å². The van der Waals surface area contributed by atoms with E-state index in [-0.39, 0.29) is 29.7 Å². The molecule has 0 aromatic heterocycles. The van der Waals surface area contributed by atoms with Crippen LogP contribution in [0, 0.1) is 0 Å². The zero-order valence-electron chi connectivity index (χ0n) is 14.9. The fraction of sp³-hybridized carbons (Fsp3) is 0.529. The number of hydrogen-bond donors (Lipinski definition) is 4. The topological polar surface area (TPSA) is 133 Å². The van der Waals surface area contributed by atoms with Gasteiger partial charge in [0.25, 0.3) is 0 Å². The fourth-order valence-corrected chi connectivity index (χ4v) is 2.86. The van der Waals surface area contributed by atoms with Gasteiger partial charge in [-0.25, -0.2) is 4.79 Å². The molecule has 1 aliphatic heterocycles. The Balaban J connectivity index is 2.03. The Morgan fingerprint density at radius 1 is 1.38 bits per heavy atom. The molecular weight excluding hydrogens is 339 g/mol. The molecule has 9 heteroatoms. The predicted octanol–water partition coefficient (Wildman–Crippen LogP) is 0.669. The Labute approximate surface area is 152 Å². The van der Waals surface area contributed by atoms with Crippen molar-refractivity contribution in [3.8, 4) is 11.5 Å². The van der Waals surface area contributed by atoms with E-state index in [9.17, 15) is 19.8 Å². The Morgan fingerprint density at radius 2 is 2.04 bits per heavy atom. The lowest BCUT2D eigenvalue weighted by Gasteiger charge is -2.41. The van der Waals surface area contributed by atoms with Crippen molar-refractivity contribution in [3.05, 3.63) is 23.3 Å². The van der Waals surface area contributed by atoms with Gasteiger partial charge >= 0.3 is 11.9 Å². The van der Waals surface area contributed by atoms with Gasteiger partial charge in [-0.3, -0.25) is 9.69 Å². The molecule has 1 unspecified atom stereocenters. The van der Waals surface area contributed by atoms with Crippen LogP contribution < -0.4 is 10.5 Å². The third-order valence-corrected chi connectivity index (χ3v) is 4.40. The van der Waals surface area contributed by atoms with Crippen molar-refractivity contribution in [1.29, 1.82) is 0 Å². The van der Waals surface area contributed by atoms with E-state index in [0.29, 0.717) is 25.1 Å². The lowest BCUT2D eigenvalue weighted by molar-refractivity contribution is -0.144. The van der Waals surface area contributed by atoms with Crippen LogP contribution in [-0.2, 0) is 11.2 Å². The molecule has 0 spiro atoms. The van der Waals surface area contributed by atoms with Crippen LogP contribution in [0.4, 0.5) is 0 Å². The van der Waals surface area contributed by atoms with Gasteiger partial charge in [0.15, 0.2) is 0 Å². The van der Waals surface area contributed by atoms with E-state index >= 15 is 0 Å². The van der Waals surface area contributed by atoms with Crippen LogP contribution in [0.3, 0.4) is 0 Å². The van der Waals surface area contributed by atoms with Crippen molar-refractivity contribution in [2.24, 2.45) is 5.73 Å². The molecule has 0 bridgehead atoms. The third-order valence-electron chi connectivity index (χ3n) is 4.40. The number of aryl methyl sites for hydroxylation is 1. The molecule has 0 aliphatic carbocycles. The molecule has 141 valence electrons. The Bertz CT molecular complexity index is 688. The average molecular weight is 363 g/mol. The van der Waals surface area contributed by atoms with E-state index in [2.05, 4.69) is 0 Å². The number of likely N-dealkylation sites (tertiary alicyclic amines) is 1. The van der Waals surface area contributed by atoms with Gasteiger partial charge in [-0.15, -0.1) is 0 Å². The number of nitrogens with two attached hydrogens (primary N) is 1. The van der Waals surface area contributed by atoms with E-state index in [1.54, 1.807) is 12.1 Å². The standard InChI is InChI=1S/C17H24BN2O6/c1-17(19,16(24)25)9-20-7-11(8-20)26-12-4-3-10(5-6-18-2)14(21)13(12)15(22)23/h3-4,11,21H,5-9,19H2,1-2H3,(H,22,23)(H,24,25). The SMILES string of the molecule is C[B]CCc1ccc(OC2CN(CC(C)(N)C(=O)O)C2)c(C(=O)O)c1O. The highest BCUT2D eigenvalue weighted by molar-refractivity contribution is 6.33. The summed E-state index contributed by atoms with van der Waals surface area (Å²) in [5, 5.41) is 28.7. The molecule has 0 saturated carbocycles. The molecule has 1 aliphatic rings. The van der Waals surface area contributed by atoms with Crippen molar-refractivity contribution >= 4 is 19.2 Å². The van der Waals surface area contributed by atoms with E-state index in [1.807, 2.05) is 19.0 Å². The van der Waals surface area contributed by atoms with Crippen LogP contribution in [0.5, 0.6) is 11.5 Å². The summed E-state index contributed by atoms with van der Waals surface area (Å²) in [7, 11) is 1.94. The number of carbonyl (C=O) groups is 2. The second-order valence-corrected chi connectivity index (χ2v) is 6.86. The highest BCUT2D eigenvalue weighted by Crippen LogP contribution is 2.33. The largest absolute Gasteiger partial charge is 0.507 e. The lowest BCUT2D eigenvalue weighted by atomic mass is 9.75. The highest BCUT2D eigenvalue weighted by Gasteiger charge is 2.37. The Morgan fingerprint density at radius 3 is 2.58 bits per heavy atom. The zero-order valence-corrected chi connectivity index (χ0v) is 14.9. The summed E-state index contributed by atoms with van der Waals surface area (Å²) < 4.78 is 5.71. The molecule has 1 aromatic carbocycles. The van der Waals surface area contributed by atoms with Gasteiger partial charge in [0.1, 0.15) is 36.0 Å². The minimum Gasteiger partial charge on any atom is -0.507 e. The summed E-state index contributed by atoms with van der Waals surface area (Å²) in [5.41, 5.74) is 4.67. The fourth-order valence-electron chi connectivity index (χ4n) is 2.86. The maximum Gasteiger partial charge on any atom is 0.343 e. The summed E-state index contributed by atoms with van der Waals surface area (Å²) in [6.45, 7) is 4.38. The first-order chi connectivity index (χ1) is 12.2. The normalized spacial score (nSPS) is 17.2. The minimum atomic E-state index is -1.35. The molecule has 2 rings (SSSR count). The van der Waals surface area contributed by atoms with Crippen molar-refractivity contribution in [2.45, 2.75) is 38.1 Å². The smallest absolute Gasteiger partial charge is 0.343 e. The van der Waals surface area contributed by atoms with Gasteiger partial charge in [0.2, 0.25) is 0 Å². The van der Waals surface area contributed by atoms with Crippen LogP contribution in [0.25, 0.3) is 0 Å². The van der Waals surface area contributed by atoms with Crippen molar-refractivity contribution in [3.63, 3.8) is 0 Å². The number of phenols is 1. The number of aliphatic carboxylic acids is 1. The molecule has 1 saturated heterocycles. The number of aromatic carboxylic acids is 1. The monoisotopic (exact) mass is 363 g/mol. The minimum absolute atomic E-state index is 0.109. The van der Waals surface area contributed by atoms with Crippen LogP contribution in [0.2, 0.25) is 13.1 Å². The van der Waals surface area contributed by atoms with Gasteiger partial charge in [0, 0.05) is 19.6 Å². The second kappa shape index (κ2) is 7.97. The van der Waals surface area contributed by atoms with Gasteiger partial charge in [-0.05, 0) is 25.0 Å². The maximum atomic E-state index is 11.5. The highest BCUT2D eigenvalue weighted by atomic mass is 16.5. The number of carboxylic acid groups (broad SMARTS) is 2. The maximum absolute atomic E-state index is 11.5. The zero-order chi connectivity index (χ0) is 19.5. The predicted molar refractivity (Wildman–Crippen MR) is 96.3 cm³/mol. The third kappa shape index (κ3) is 4.47. The van der Waals surface area contributed by atoms with Gasteiger partial charge in [-0.2, -0.15) is 0 Å². The molecule has 1 radical (unpaired) electrons.